The van der Waals surface area contributed by atoms with E-state index in [1.807, 2.05) is 48.5 Å². The summed E-state index contributed by atoms with van der Waals surface area (Å²) in [5.74, 6) is 0.764. The second kappa shape index (κ2) is 12.6. The molecular formula is C30H26N6O3S. The van der Waals surface area contributed by atoms with Crippen LogP contribution in [0.2, 0.25) is 0 Å². The van der Waals surface area contributed by atoms with Crippen molar-refractivity contribution < 1.29 is 14.3 Å². The van der Waals surface area contributed by atoms with Gasteiger partial charge >= 0.3 is 0 Å². The predicted molar refractivity (Wildman–Crippen MR) is 155 cm³/mol. The number of hydrogen-bond acceptors (Lipinski definition) is 8. The van der Waals surface area contributed by atoms with Crippen LogP contribution in [0.4, 0.5) is 11.6 Å². The van der Waals surface area contributed by atoms with Gasteiger partial charge in [0, 0.05) is 42.9 Å². The third kappa shape index (κ3) is 6.86. The van der Waals surface area contributed by atoms with Crippen LogP contribution in [-0.4, -0.2) is 33.9 Å². The summed E-state index contributed by atoms with van der Waals surface area (Å²) in [6.07, 6.45) is 5.06. The van der Waals surface area contributed by atoms with Crippen molar-refractivity contribution in [2.75, 3.05) is 12.4 Å². The fourth-order valence-electron chi connectivity index (χ4n) is 3.86. The molecule has 10 heteroatoms. The van der Waals surface area contributed by atoms with E-state index < -0.39 is 0 Å². The first kappa shape index (κ1) is 26.5. The van der Waals surface area contributed by atoms with E-state index in [4.69, 9.17) is 4.74 Å². The monoisotopic (exact) mass is 550 g/mol. The number of hydrogen-bond donors (Lipinski definition) is 3. The zero-order valence-corrected chi connectivity index (χ0v) is 22.4. The van der Waals surface area contributed by atoms with Crippen molar-refractivity contribution in [3.8, 4) is 16.3 Å². The first-order valence-corrected chi connectivity index (χ1v) is 13.3. The van der Waals surface area contributed by atoms with E-state index in [-0.39, 0.29) is 11.8 Å². The Balaban J connectivity index is 1.21. The maximum Gasteiger partial charge on any atom is 0.261 e. The molecule has 3 aromatic heterocycles. The van der Waals surface area contributed by atoms with Crippen LogP contribution in [0.25, 0.3) is 10.6 Å². The Morgan fingerprint density at radius 1 is 0.850 bits per heavy atom. The summed E-state index contributed by atoms with van der Waals surface area (Å²) >= 11 is 1.35. The lowest BCUT2D eigenvalue weighted by molar-refractivity contribution is 0.0944. The van der Waals surface area contributed by atoms with Gasteiger partial charge in [0.25, 0.3) is 11.8 Å². The number of nitrogens with one attached hydrogen (secondary N) is 3. The molecule has 0 radical (unpaired) electrons. The maximum atomic E-state index is 12.7. The average Bonchev–Trinajstić information content (AvgIpc) is 3.50. The largest absolute Gasteiger partial charge is 0.497 e. The number of aromatic nitrogens is 3. The van der Waals surface area contributed by atoms with Crippen molar-refractivity contribution in [2.24, 2.45) is 0 Å². The minimum Gasteiger partial charge on any atom is -0.497 e. The number of carbonyl (C=O) groups is 2. The van der Waals surface area contributed by atoms with E-state index >= 15 is 0 Å². The van der Waals surface area contributed by atoms with Gasteiger partial charge in [-0.15, -0.1) is 11.3 Å². The van der Waals surface area contributed by atoms with Gasteiger partial charge in [0.05, 0.1) is 22.6 Å². The fourth-order valence-corrected chi connectivity index (χ4v) is 4.75. The Labute approximate surface area is 235 Å². The number of carbonyl (C=O) groups excluding carboxylic acids is 2. The lowest BCUT2D eigenvalue weighted by Gasteiger charge is -2.09. The summed E-state index contributed by atoms with van der Waals surface area (Å²) in [5.41, 5.74) is 3.73. The lowest BCUT2D eigenvalue weighted by Crippen LogP contribution is -2.22. The van der Waals surface area contributed by atoms with Crippen LogP contribution < -0.4 is 20.7 Å². The summed E-state index contributed by atoms with van der Waals surface area (Å²) in [4.78, 5) is 39.8. The molecule has 2 amide bonds. The number of pyridine rings is 1. The molecule has 200 valence electrons. The topological polar surface area (TPSA) is 118 Å². The molecule has 2 aromatic carbocycles. The Hall–Kier alpha value is -5.09. The molecule has 3 N–H and O–H groups in total. The first-order valence-electron chi connectivity index (χ1n) is 12.5. The normalized spacial score (nSPS) is 10.5. The second-order valence-corrected chi connectivity index (χ2v) is 9.80. The molecule has 5 rings (SSSR count). The van der Waals surface area contributed by atoms with Gasteiger partial charge in [-0.1, -0.05) is 24.3 Å². The summed E-state index contributed by atoms with van der Waals surface area (Å²) in [6.45, 7) is 0.780. The first-order chi connectivity index (χ1) is 19.6. The van der Waals surface area contributed by atoms with Crippen molar-refractivity contribution in [2.45, 2.75) is 13.1 Å². The van der Waals surface area contributed by atoms with Crippen LogP contribution in [0, 0.1) is 0 Å². The molecule has 0 atom stereocenters. The molecule has 3 heterocycles. The summed E-state index contributed by atoms with van der Waals surface area (Å²) in [5, 5.41) is 9.00. The van der Waals surface area contributed by atoms with Gasteiger partial charge in [-0.3, -0.25) is 14.6 Å². The number of amides is 2. The molecule has 0 fully saturated rings. The van der Waals surface area contributed by atoms with E-state index in [9.17, 15) is 9.59 Å². The Morgan fingerprint density at radius 3 is 2.52 bits per heavy atom. The van der Waals surface area contributed by atoms with Gasteiger partial charge in [0.15, 0.2) is 0 Å². The number of methoxy groups -OCH3 is 1. The highest BCUT2D eigenvalue weighted by atomic mass is 32.1. The summed E-state index contributed by atoms with van der Waals surface area (Å²) in [7, 11) is 1.61. The number of anilines is 2. The smallest absolute Gasteiger partial charge is 0.261 e. The highest BCUT2D eigenvalue weighted by Gasteiger charge is 2.13. The van der Waals surface area contributed by atoms with E-state index in [1.165, 1.54) is 11.3 Å². The highest BCUT2D eigenvalue weighted by molar-refractivity contribution is 7.17. The molecule has 0 bridgehead atoms. The zero-order valence-electron chi connectivity index (χ0n) is 21.6. The van der Waals surface area contributed by atoms with Gasteiger partial charge in [0.2, 0.25) is 5.95 Å². The van der Waals surface area contributed by atoms with Gasteiger partial charge in [0.1, 0.15) is 5.75 Å². The lowest BCUT2D eigenvalue weighted by atomic mass is 10.2. The molecule has 0 saturated carbocycles. The fraction of sp³-hybridized carbons (Fsp3) is 0.100. The minimum atomic E-state index is -0.196. The number of rotatable bonds is 10. The Morgan fingerprint density at radius 2 is 1.68 bits per heavy atom. The maximum absolute atomic E-state index is 12.7. The third-order valence-electron chi connectivity index (χ3n) is 5.88. The van der Waals surface area contributed by atoms with Gasteiger partial charge in [-0.25, -0.2) is 9.97 Å². The van der Waals surface area contributed by atoms with Crippen molar-refractivity contribution in [1.29, 1.82) is 0 Å². The van der Waals surface area contributed by atoms with E-state index in [0.29, 0.717) is 40.9 Å². The second-order valence-electron chi connectivity index (χ2n) is 8.71. The van der Waals surface area contributed by atoms with Gasteiger partial charge in [-0.2, -0.15) is 0 Å². The molecule has 0 saturated heterocycles. The van der Waals surface area contributed by atoms with Crippen molar-refractivity contribution >= 4 is 34.8 Å². The molecule has 0 aliphatic heterocycles. The molecule has 0 spiro atoms. The predicted octanol–water partition coefficient (Wildman–Crippen LogP) is 5.21. The average molecular weight is 551 g/mol. The number of ether oxygens (including phenoxy) is 1. The van der Waals surface area contributed by atoms with Gasteiger partial charge < -0.3 is 20.7 Å². The third-order valence-corrected chi connectivity index (χ3v) is 6.99. The van der Waals surface area contributed by atoms with Crippen molar-refractivity contribution in [1.82, 2.24) is 25.6 Å². The quantitative estimate of drug-likeness (QED) is 0.218. The standard InChI is InChI=1S/C30H26N6O3S/c1-39-24-9-2-5-20(15-24)18-34-29(38)27-11-10-26(40-27)25-12-14-32-30(36-25)35-23-8-3-7-22(16-23)28(37)33-19-21-6-4-13-31-17-21/h2-17H,18-19H2,1H3,(H,33,37)(H,34,38)(H,32,35,36). The highest BCUT2D eigenvalue weighted by Crippen LogP contribution is 2.28. The van der Waals surface area contributed by atoms with Gasteiger partial charge in [-0.05, 0) is 65.7 Å². The van der Waals surface area contributed by atoms with Crippen LogP contribution >= 0.6 is 11.3 Å². The number of thiophene rings is 1. The van der Waals surface area contributed by atoms with Crippen molar-refractivity contribution in [3.63, 3.8) is 0 Å². The van der Waals surface area contributed by atoms with E-state index in [1.54, 1.807) is 56.0 Å². The molecule has 40 heavy (non-hydrogen) atoms. The molecule has 9 nitrogen and oxygen atoms in total. The zero-order chi connectivity index (χ0) is 27.7. The molecule has 0 aliphatic rings. The molecule has 5 aromatic rings. The van der Waals surface area contributed by atoms with Crippen molar-refractivity contribution in [3.05, 3.63) is 119 Å². The SMILES string of the molecule is COc1cccc(CNC(=O)c2ccc(-c3ccnc(Nc4cccc(C(=O)NCc5cccnc5)c4)n3)s2)c1. The van der Waals surface area contributed by atoms with Crippen LogP contribution in [0.5, 0.6) is 5.75 Å². The van der Waals surface area contributed by atoms with Crippen LogP contribution in [0.15, 0.2) is 97.5 Å². The van der Waals surface area contributed by atoms with Crippen LogP contribution in [0.1, 0.15) is 31.2 Å². The van der Waals surface area contributed by atoms with Crippen LogP contribution in [-0.2, 0) is 13.1 Å². The molecular weight excluding hydrogens is 524 g/mol. The minimum absolute atomic E-state index is 0.162. The summed E-state index contributed by atoms with van der Waals surface area (Å²) in [6, 6.07) is 23.9. The van der Waals surface area contributed by atoms with Crippen LogP contribution in [0.3, 0.4) is 0 Å². The Bertz CT molecular complexity index is 1620. The van der Waals surface area contributed by atoms with E-state index in [2.05, 4.69) is 30.9 Å². The molecule has 0 unspecified atom stereocenters. The number of nitrogens with zero attached hydrogens (tertiary/aromatic N) is 3. The number of benzene rings is 2. The Kier molecular flexibility index (Phi) is 8.38. The molecule has 0 aliphatic carbocycles. The summed E-state index contributed by atoms with van der Waals surface area (Å²) < 4.78 is 5.24. The van der Waals surface area contributed by atoms with E-state index in [0.717, 1.165) is 21.8 Å².